The van der Waals surface area contributed by atoms with Crippen molar-refractivity contribution in [3.63, 3.8) is 0 Å². The predicted octanol–water partition coefficient (Wildman–Crippen LogP) is 7.45. The Balaban J connectivity index is 1.77. The molecular formula is C25H14F8O2. The molecule has 0 saturated heterocycles. The Bertz CT molecular complexity index is 1360. The van der Waals surface area contributed by atoms with Crippen LogP contribution in [-0.4, -0.2) is 5.97 Å². The van der Waals surface area contributed by atoms with E-state index in [0.29, 0.717) is 18.6 Å². The molecule has 35 heavy (non-hydrogen) atoms. The molecule has 0 radical (unpaired) electrons. The van der Waals surface area contributed by atoms with Crippen LogP contribution < -0.4 is 4.74 Å². The molecule has 0 saturated carbocycles. The zero-order chi connectivity index (χ0) is 25.7. The number of aryl methyl sites for hydroxylation is 1. The van der Waals surface area contributed by atoms with Gasteiger partial charge in [-0.2, -0.15) is 17.6 Å². The van der Waals surface area contributed by atoms with Gasteiger partial charge in [-0.1, -0.05) is 24.3 Å². The molecule has 1 aliphatic carbocycles. The Morgan fingerprint density at radius 2 is 1.49 bits per heavy atom. The topological polar surface area (TPSA) is 26.3 Å². The van der Waals surface area contributed by atoms with Crippen LogP contribution in [0.3, 0.4) is 0 Å². The van der Waals surface area contributed by atoms with Crippen molar-refractivity contribution in [2.24, 2.45) is 0 Å². The average molecular weight is 498 g/mol. The molecule has 182 valence electrons. The third-order valence-electron chi connectivity index (χ3n) is 5.64. The summed E-state index contributed by atoms with van der Waals surface area (Å²) in [5.41, 5.74) is -5.88. The highest BCUT2D eigenvalue weighted by Crippen LogP contribution is 2.59. The van der Waals surface area contributed by atoms with Gasteiger partial charge in [0.05, 0.1) is 16.7 Å². The summed E-state index contributed by atoms with van der Waals surface area (Å²) < 4.78 is 121. The summed E-state index contributed by atoms with van der Waals surface area (Å²) >= 11 is 0. The van der Waals surface area contributed by atoms with Crippen LogP contribution in [0.4, 0.5) is 35.1 Å². The molecule has 0 aliphatic heterocycles. The first kappa shape index (κ1) is 24.4. The minimum absolute atomic E-state index is 0.0758. The number of rotatable bonds is 5. The normalized spacial score (nSPS) is 15.2. The summed E-state index contributed by atoms with van der Waals surface area (Å²) in [6.45, 7) is 3.45. The van der Waals surface area contributed by atoms with Gasteiger partial charge in [0.2, 0.25) is 0 Å². The molecule has 0 amide bonds. The van der Waals surface area contributed by atoms with Crippen molar-refractivity contribution in [3.05, 3.63) is 101 Å². The molecule has 3 aromatic rings. The Labute approximate surface area is 193 Å². The maximum absolute atomic E-state index is 15.1. The standard InChI is InChI=1S/C25H14F8O2/c1-2-3-5-12-8-9-15(21(28)20(12)27)23(34)35-17-11-10-14-13-6-4-7-16(26)18(13)24(30,31)25(32,33)19(14)22(17)29/h2,4,6-11H,1,3,5H2. The van der Waals surface area contributed by atoms with Gasteiger partial charge in [-0.3, -0.25) is 0 Å². The monoisotopic (exact) mass is 498 g/mol. The van der Waals surface area contributed by atoms with Crippen molar-refractivity contribution in [2.75, 3.05) is 0 Å². The number of hydrogen-bond donors (Lipinski definition) is 0. The molecule has 0 spiro atoms. The smallest absolute Gasteiger partial charge is 0.346 e. The molecular weight excluding hydrogens is 484 g/mol. The SMILES string of the molecule is C=CCCc1ccc(C(=O)Oc2ccc3c(c2F)C(F)(F)C(F)(F)c2c(F)cccc2-3)c(F)c1F. The number of hydrogen-bond acceptors (Lipinski definition) is 2. The van der Waals surface area contributed by atoms with E-state index in [2.05, 4.69) is 11.3 Å². The number of carbonyl (C=O) groups is 1. The van der Waals surface area contributed by atoms with Crippen molar-refractivity contribution in [1.29, 1.82) is 0 Å². The molecule has 0 heterocycles. The third kappa shape index (κ3) is 3.67. The molecule has 0 bridgehead atoms. The molecule has 0 aromatic heterocycles. The molecule has 3 aromatic carbocycles. The van der Waals surface area contributed by atoms with Crippen LogP contribution in [0.5, 0.6) is 5.75 Å². The number of carbonyl (C=O) groups excluding carboxylic acids is 1. The van der Waals surface area contributed by atoms with E-state index in [4.69, 9.17) is 0 Å². The van der Waals surface area contributed by atoms with Crippen LogP contribution in [0.2, 0.25) is 0 Å². The van der Waals surface area contributed by atoms with Gasteiger partial charge < -0.3 is 4.74 Å². The summed E-state index contributed by atoms with van der Waals surface area (Å²) in [4.78, 5) is 12.4. The number of alkyl halides is 4. The highest BCUT2D eigenvalue weighted by molar-refractivity contribution is 5.91. The summed E-state index contributed by atoms with van der Waals surface area (Å²) in [6, 6.07) is 5.83. The van der Waals surface area contributed by atoms with E-state index in [-0.39, 0.29) is 12.0 Å². The van der Waals surface area contributed by atoms with Crippen LogP contribution in [-0.2, 0) is 18.3 Å². The Kier molecular flexibility index (Phi) is 5.94. The zero-order valence-electron chi connectivity index (χ0n) is 17.6. The quantitative estimate of drug-likeness (QED) is 0.158. The van der Waals surface area contributed by atoms with Crippen LogP contribution in [0, 0.1) is 23.3 Å². The predicted molar refractivity (Wildman–Crippen MR) is 109 cm³/mol. The molecule has 10 heteroatoms. The van der Waals surface area contributed by atoms with Gasteiger partial charge in [-0.25, -0.2) is 22.4 Å². The fourth-order valence-electron chi connectivity index (χ4n) is 3.90. The minimum atomic E-state index is -5.23. The summed E-state index contributed by atoms with van der Waals surface area (Å²) in [5, 5.41) is 0. The third-order valence-corrected chi connectivity index (χ3v) is 5.64. The van der Waals surface area contributed by atoms with Gasteiger partial charge in [0.15, 0.2) is 23.2 Å². The number of benzene rings is 3. The maximum atomic E-state index is 15.1. The maximum Gasteiger partial charge on any atom is 0.346 e. The number of fused-ring (bicyclic) bond motifs is 3. The van der Waals surface area contributed by atoms with E-state index in [1.807, 2.05) is 0 Å². The van der Waals surface area contributed by atoms with E-state index < -0.39 is 74.7 Å². The summed E-state index contributed by atoms with van der Waals surface area (Å²) in [7, 11) is 0. The van der Waals surface area contributed by atoms with Gasteiger partial charge in [-0.15, -0.1) is 6.58 Å². The molecule has 0 unspecified atom stereocenters. The lowest BCUT2D eigenvalue weighted by Gasteiger charge is -2.35. The molecule has 0 fully saturated rings. The molecule has 2 nitrogen and oxygen atoms in total. The fraction of sp³-hybridized carbons (Fsp3) is 0.160. The van der Waals surface area contributed by atoms with Crippen LogP contribution in [0.15, 0.2) is 55.1 Å². The first-order valence-corrected chi connectivity index (χ1v) is 10.1. The van der Waals surface area contributed by atoms with E-state index in [1.54, 1.807) is 0 Å². The van der Waals surface area contributed by atoms with Gasteiger partial charge in [0.25, 0.3) is 0 Å². The second kappa shape index (κ2) is 8.51. The van der Waals surface area contributed by atoms with E-state index in [1.165, 1.54) is 6.08 Å². The molecule has 1 aliphatic rings. The highest BCUT2D eigenvalue weighted by Gasteiger charge is 2.65. The van der Waals surface area contributed by atoms with Crippen molar-refractivity contribution >= 4 is 5.97 Å². The molecule has 0 N–H and O–H groups in total. The van der Waals surface area contributed by atoms with E-state index >= 15 is 4.39 Å². The van der Waals surface area contributed by atoms with Crippen molar-refractivity contribution in [2.45, 2.75) is 24.7 Å². The fourth-order valence-corrected chi connectivity index (χ4v) is 3.90. The van der Waals surface area contributed by atoms with Crippen LogP contribution in [0.25, 0.3) is 11.1 Å². The first-order valence-electron chi connectivity index (χ1n) is 10.1. The van der Waals surface area contributed by atoms with E-state index in [0.717, 1.165) is 30.3 Å². The summed E-state index contributed by atoms with van der Waals surface area (Å²) in [5.74, 6) is -19.9. The lowest BCUT2D eigenvalue weighted by atomic mass is 9.80. The van der Waals surface area contributed by atoms with Gasteiger partial charge in [0, 0.05) is 0 Å². The van der Waals surface area contributed by atoms with Crippen LogP contribution >= 0.6 is 0 Å². The van der Waals surface area contributed by atoms with Crippen molar-refractivity contribution in [3.8, 4) is 16.9 Å². The summed E-state index contributed by atoms with van der Waals surface area (Å²) in [6.07, 6.45) is 1.85. The Morgan fingerprint density at radius 1 is 0.829 bits per heavy atom. The minimum Gasteiger partial charge on any atom is -0.420 e. The second-order valence-electron chi connectivity index (χ2n) is 7.73. The van der Waals surface area contributed by atoms with Crippen LogP contribution in [0.1, 0.15) is 33.5 Å². The Morgan fingerprint density at radius 3 is 2.17 bits per heavy atom. The number of ether oxygens (including phenoxy) is 1. The lowest BCUT2D eigenvalue weighted by molar-refractivity contribution is -0.227. The first-order chi connectivity index (χ1) is 16.4. The van der Waals surface area contributed by atoms with Gasteiger partial charge in [-0.05, 0) is 53.8 Å². The van der Waals surface area contributed by atoms with E-state index in [9.17, 15) is 35.5 Å². The number of esters is 1. The van der Waals surface area contributed by atoms with Crippen molar-refractivity contribution in [1.82, 2.24) is 0 Å². The average Bonchev–Trinajstić information content (AvgIpc) is 2.79. The van der Waals surface area contributed by atoms with Gasteiger partial charge >= 0.3 is 17.8 Å². The van der Waals surface area contributed by atoms with Gasteiger partial charge in [0.1, 0.15) is 5.82 Å². The largest absolute Gasteiger partial charge is 0.420 e. The number of allylic oxidation sites excluding steroid dienone is 1. The molecule has 0 atom stereocenters. The lowest BCUT2D eigenvalue weighted by Crippen LogP contribution is -2.41. The number of halogens is 8. The molecule has 4 rings (SSSR count). The Hall–Kier alpha value is -3.69. The zero-order valence-corrected chi connectivity index (χ0v) is 17.6. The van der Waals surface area contributed by atoms with Crippen molar-refractivity contribution < 1.29 is 44.7 Å². The highest BCUT2D eigenvalue weighted by atomic mass is 19.3. The second-order valence-corrected chi connectivity index (χ2v) is 7.73.